The number of rotatable bonds is 3. The van der Waals surface area contributed by atoms with E-state index in [1.165, 1.54) is 13.8 Å². The molecule has 5 nitrogen and oxygen atoms in total. The molecule has 0 saturated carbocycles. The predicted octanol–water partition coefficient (Wildman–Crippen LogP) is -1.47. The van der Waals surface area contributed by atoms with Gasteiger partial charge in [-0.3, -0.25) is 4.79 Å². The highest BCUT2D eigenvalue weighted by atomic mass is 16.4. The molecular weight excluding hydrogens is 150 g/mol. The average molecular weight is 163 g/mol. The van der Waals surface area contributed by atoms with Gasteiger partial charge in [0.1, 0.15) is 12.1 Å². The summed E-state index contributed by atoms with van der Waals surface area (Å²) in [7, 11) is 0. The summed E-state index contributed by atoms with van der Waals surface area (Å²) < 4.78 is 0. The minimum atomic E-state index is -1.49. The Morgan fingerprint density at radius 3 is 2.00 bits per heavy atom. The van der Waals surface area contributed by atoms with Gasteiger partial charge in [-0.2, -0.15) is 0 Å². The van der Waals surface area contributed by atoms with Crippen molar-refractivity contribution >= 4 is 5.97 Å². The molecule has 0 amide bonds. The highest BCUT2D eigenvalue weighted by Gasteiger charge is 2.34. The maximum atomic E-state index is 10.2. The topological polar surface area (TPSA) is 104 Å². The number of carboxylic acid groups (broad SMARTS) is 1. The van der Waals surface area contributed by atoms with E-state index < -0.39 is 23.7 Å². The van der Waals surface area contributed by atoms with Gasteiger partial charge >= 0.3 is 5.97 Å². The van der Waals surface area contributed by atoms with Crippen molar-refractivity contribution in [3.05, 3.63) is 0 Å². The zero-order valence-corrected chi connectivity index (χ0v) is 6.48. The van der Waals surface area contributed by atoms with Crippen LogP contribution in [0.25, 0.3) is 0 Å². The zero-order chi connectivity index (χ0) is 9.23. The fourth-order valence-corrected chi connectivity index (χ4v) is 0.574. The van der Waals surface area contributed by atoms with Crippen molar-refractivity contribution in [1.82, 2.24) is 0 Å². The van der Waals surface area contributed by atoms with Gasteiger partial charge in [-0.15, -0.1) is 0 Å². The van der Waals surface area contributed by atoms with Crippen molar-refractivity contribution in [2.24, 2.45) is 5.73 Å². The number of aliphatic hydroxyl groups excluding tert-OH is 1. The van der Waals surface area contributed by atoms with Crippen LogP contribution in [-0.4, -0.2) is 39.0 Å². The highest BCUT2D eigenvalue weighted by Crippen LogP contribution is 2.10. The van der Waals surface area contributed by atoms with Gasteiger partial charge in [-0.05, 0) is 13.8 Å². The van der Waals surface area contributed by atoms with E-state index in [2.05, 4.69) is 0 Å². The maximum Gasteiger partial charge on any atom is 0.323 e. The predicted molar refractivity (Wildman–Crippen MR) is 37.9 cm³/mol. The van der Waals surface area contributed by atoms with Crippen LogP contribution in [0.3, 0.4) is 0 Å². The minimum absolute atomic E-state index is 1.29. The number of aliphatic hydroxyl groups is 2. The SMILES string of the molecule is CC(C)(O)C(O)[C@H](N)C(=O)O. The summed E-state index contributed by atoms with van der Waals surface area (Å²) in [5.74, 6) is -1.33. The van der Waals surface area contributed by atoms with Gasteiger partial charge in [-0.25, -0.2) is 0 Å². The monoisotopic (exact) mass is 163 g/mol. The van der Waals surface area contributed by atoms with E-state index in [1.54, 1.807) is 0 Å². The van der Waals surface area contributed by atoms with Gasteiger partial charge in [0.25, 0.3) is 0 Å². The van der Waals surface area contributed by atoms with E-state index in [0.717, 1.165) is 0 Å². The van der Waals surface area contributed by atoms with Crippen molar-refractivity contribution in [3.8, 4) is 0 Å². The summed E-state index contributed by atoms with van der Waals surface area (Å²) in [6.07, 6.45) is -1.46. The molecule has 0 aromatic carbocycles. The normalized spacial score (nSPS) is 17.5. The first-order chi connectivity index (χ1) is 4.76. The van der Waals surface area contributed by atoms with E-state index >= 15 is 0 Å². The summed E-state index contributed by atoms with van der Waals surface area (Å²) in [6, 6.07) is -1.45. The van der Waals surface area contributed by atoms with Crippen molar-refractivity contribution in [1.29, 1.82) is 0 Å². The molecule has 0 rings (SSSR count). The molecule has 0 aliphatic heterocycles. The number of hydrogen-bond acceptors (Lipinski definition) is 4. The van der Waals surface area contributed by atoms with Crippen LogP contribution in [0.1, 0.15) is 13.8 Å². The van der Waals surface area contributed by atoms with Crippen molar-refractivity contribution in [3.63, 3.8) is 0 Å². The second-order valence-corrected chi connectivity index (χ2v) is 2.96. The Labute approximate surface area is 64.4 Å². The molecular formula is C6H13NO4. The summed E-state index contributed by atoms with van der Waals surface area (Å²) in [5, 5.41) is 26.5. The molecule has 0 aliphatic carbocycles. The molecule has 0 aromatic rings. The van der Waals surface area contributed by atoms with Crippen molar-refractivity contribution in [2.75, 3.05) is 0 Å². The van der Waals surface area contributed by atoms with Gasteiger partial charge < -0.3 is 21.1 Å². The van der Waals surface area contributed by atoms with Crippen LogP contribution in [0.2, 0.25) is 0 Å². The molecule has 0 saturated heterocycles. The molecule has 0 aliphatic rings. The van der Waals surface area contributed by atoms with E-state index in [9.17, 15) is 4.79 Å². The molecule has 0 bridgehead atoms. The van der Waals surface area contributed by atoms with E-state index in [4.69, 9.17) is 21.1 Å². The van der Waals surface area contributed by atoms with Gasteiger partial charge in [0.05, 0.1) is 5.60 Å². The van der Waals surface area contributed by atoms with E-state index in [1.807, 2.05) is 0 Å². The number of carboxylic acids is 1. The lowest BCUT2D eigenvalue weighted by molar-refractivity contribution is -0.146. The van der Waals surface area contributed by atoms with E-state index in [0.29, 0.717) is 0 Å². The molecule has 0 fully saturated rings. The van der Waals surface area contributed by atoms with Crippen LogP contribution in [0.5, 0.6) is 0 Å². The molecule has 0 spiro atoms. The summed E-state index contributed by atoms with van der Waals surface area (Å²) in [6.45, 7) is 2.58. The average Bonchev–Trinajstić information content (AvgIpc) is 1.82. The van der Waals surface area contributed by atoms with Crippen LogP contribution in [0, 0.1) is 0 Å². The Morgan fingerprint density at radius 1 is 1.55 bits per heavy atom. The highest BCUT2D eigenvalue weighted by molar-refractivity contribution is 5.74. The zero-order valence-electron chi connectivity index (χ0n) is 6.48. The lowest BCUT2D eigenvalue weighted by Gasteiger charge is -2.26. The fraction of sp³-hybridized carbons (Fsp3) is 0.833. The first-order valence-electron chi connectivity index (χ1n) is 3.15. The number of carbonyl (C=O) groups is 1. The van der Waals surface area contributed by atoms with Crippen molar-refractivity contribution < 1.29 is 20.1 Å². The largest absolute Gasteiger partial charge is 0.480 e. The Morgan fingerprint density at radius 2 is 1.91 bits per heavy atom. The third kappa shape index (κ3) is 2.83. The number of hydrogen-bond donors (Lipinski definition) is 4. The first-order valence-corrected chi connectivity index (χ1v) is 3.15. The van der Waals surface area contributed by atoms with Gasteiger partial charge in [0, 0.05) is 0 Å². The molecule has 1 unspecified atom stereocenters. The lowest BCUT2D eigenvalue weighted by atomic mass is 9.96. The maximum absolute atomic E-state index is 10.2. The quantitative estimate of drug-likeness (QED) is 0.406. The molecule has 5 heteroatoms. The Hall–Kier alpha value is -0.650. The van der Waals surface area contributed by atoms with Gasteiger partial charge in [-0.1, -0.05) is 0 Å². The molecule has 2 atom stereocenters. The first kappa shape index (κ1) is 10.3. The third-order valence-electron chi connectivity index (χ3n) is 1.35. The minimum Gasteiger partial charge on any atom is -0.480 e. The molecule has 11 heavy (non-hydrogen) atoms. The molecule has 5 N–H and O–H groups in total. The summed E-state index contributed by atoms with van der Waals surface area (Å²) >= 11 is 0. The molecule has 0 aromatic heterocycles. The second-order valence-electron chi connectivity index (χ2n) is 2.96. The molecule has 0 heterocycles. The Balaban J connectivity index is 4.25. The Kier molecular flexibility index (Phi) is 2.98. The molecule has 66 valence electrons. The third-order valence-corrected chi connectivity index (χ3v) is 1.35. The number of nitrogens with two attached hydrogens (primary N) is 1. The van der Waals surface area contributed by atoms with Gasteiger partial charge in [0.15, 0.2) is 0 Å². The fourth-order valence-electron chi connectivity index (χ4n) is 0.574. The molecule has 0 radical (unpaired) electrons. The Bertz CT molecular complexity index is 151. The second kappa shape index (κ2) is 3.17. The van der Waals surface area contributed by atoms with Crippen LogP contribution < -0.4 is 5.73 Å². The van der Waals surface area contributed by atoms with Crippen LogP contribution in [0.15, 0.2) is 0 Å². The summed E-state index contributed by atoms with van der Waals surface area (Å²) in [5.41, 5.74) is 3.55. The van der Waals surface area contributed by atoms with Crippen LogP contribution >= 0.6 is 0 Å². The standard InChI is InChI=1S/C6H13NO4/c1-6(2,11)4(8)3(7)5(9)10/h3-4,8,11H,7H2,1-2H3,(H,9,10)/t3-,4?/m0/s1. The summed E-state index contributed by atoms with van der Waals surface area (Å²) in [4.78, 5) is 10.2. The van der Waals surface area contributed by atoms with Crippen LogP contribution in [-0.2, 0) is 4.79 Å². The number of aliphatic carboxylic acids is 1. The smallest absolute Gasteiger partial charge is 0.323 e. The lowest BCUT2D eigenvalue weighted by Crippen LogP contribution is -2.52. The van der Waals surface area contributed by atoms with Crippen molar-refractivity contribution in [2.45, 2.75) is 31.6 Å². The van der Waals surface area contributed by atoms with E-state index in [-0.39, 0.29) is 0 Å². The van der Waals surface area contributed by atoms with Crippen LogP contribution in [0.4, 0.5) is 0 Å². The van der Waals surface area contributed by atoms with Gasteiger partial charge in [0.2, 0.25) is 0 Å².